The van der Waals surface area contributed by atoms with E-state index in [4.69, 9.17) is 9.47 Å². The van der Waals surface area contributed by atoms with Crippen molar-refractivity contribution in [1.29, 1.82) is 0 Å². The Morgan fingerprint density at radius 3 is 2.38 bits per heavy atom. The van der Waals surface area contributed by atoms with Gasteiger partial charge in [-0.1, -0.05) is 18.2 Å². The molecule has 24 heavy (non-hydrogen) atoms. The lowest BCUT2D eigenvalue weighted by Crippen LogP contribution is -2.37. The average Bonchev–Trinajstić information content (AvgIpc) is 2.55. The second kappa shape index (κ2) is 7.68. The number of nitrogens with one attached hydrogen (secondary N) is 1. The highest BCUT2D eigenvalue weighted by Crippen LogP contribution is 2.25. The van der Waals surface area contributed by atoms with Gasteiger partial charge in [-0.3, -0.25) is 0 Å². The van der Waals surface area contributed by atoms with Crippen LogP contribution in [0, 0.1) is 13.8 Å². The summed E-state index contributed by atoms with van der Waals surface area (Å²) in [6, 6.07) is 12.3. The van der Waals surface area contributed by atoms with Gasteiger partial charge < -0.3 is 9.47 Å². The second-order valence-corrected chi connectivity index (χ2v) is 7.42. The van der Waals surface area contributed by atoms with Crippen molar-refractivity contribution in [3.05, 3.63) is 53.6 Å². The topological polar surface area (TPSA) is 64.6 Å². The van der Waals surface area contributed by atoms with Crippen LogP contribution in [0.5, 0.6) is 11.5 Å². The molecule has 1 atom stereocenters. The standard InChI is InChI=1S/C18H23NO4S/c1-13-11-18(14(2)10-17(13)22-4)24(20,21)19-15(3)12-23-16-8-6-5-7-9-16/h5-11,15,19H,12H2,1-4H3/t15-/m0/s1. The fraction of sp³-hybridized carbons (Fsp3) is 0.333. The minimum atomic E-state index is -3.63. The number of hydrogen-bond acceptors (Lipinski definition) is 4. The summed E-state index contributed by atoms with van der Waals surface area (Å²) < 4.78 is 38.7. The van der Waals surface area contributed by atoms with Crippen LogP contribution in [-0.4, -0.2) is 28.2 Å². The molecule has 0 heterocycles. The Bertz CT molecular complexity index is 788. The molecular weight excluding hydrogens is 326 g/mol. The molecule has 0 aromatic heterocycles. The van der Waals surface area contributed by atoms with E-state index in [0.29, 0.717) is 17.1 Å². The van der Waals surface area contributed by atoms with Crippen molar-refractivity contribution in [2.45, 2.75) is 31.7 Å². The van der Waals surface area contributed by atoms with Gasteiger partial charge in [-0.15, -0.1) is 0 Å². The van der Waals surface area contributed by atoms with Gasteiger partial charge in [0.15, 0.2) is 0 Å². The van der Waals surface area contributed by atoms with Crippen LogP contribution in [0.2, 0.25) is 0 Å². The van der Waals surface area contributed by atoms with Crippen LogP contribution >= 0.6 is 0 Å². The molecule has 0 aliphatic rings. The molecule has 130 valence electrons. The van der Waals surface area contributed by atoms with Crippen LogP contribution in [0.1, 0.15) is 18.1 Å². The molecule has 0 spiro atoms. The lowest BCUT2D eigenvalue weighted by molar-refractivity contribution is 0.287. The third-order valence-corrected chi connectivity index (χ3v) is 5.31. The lowest BCUT2D eigenvalue weighted by Gasteiger charge is -2.17. The van der Waals surface area contributed by atoms with Crippen LogP contribution < -0.4 is 14.2 Å². The highest BCUT2D eigenvalue weighted by atomic mass is 32.2. The zero-order valence-electron chi connectivity index (χ0n) is 14.4. The van der Waals surface area contributed by atoms with Gasteiger partial charge in [0.25, 0.3) is 0 Å². The maximum absolute atomic E-state index is 12.6. The van der Waals surface area contributed by atoms with Gasteiger partial charge in [0.1, 0.15) is 18.1 Å². The molecule has 0 unspecified atom stereocenters. The van der Waals surface area contributed by atoms with Gasteiger partial charge in [0.05, 0.1) is 18.0 Å². The molecule has 0 saturated heterocycles. The highest BCUT2D eigenvalue weighted by Gasteiger charge is 2.21. The van der Waals surface area contributed by atoms with Crippen LogP contribution in [-0.2, 0) is 10.0 Å². The largest absolute Gasteiger partial charge is 0.496 e. The number of para-hydroxylation sites is 1. The predicted molar refractivity (Wildman–Crippen MR) is 94.2 cm³/mol. The SMILES string of the molecule is COc1cc(C)c(S(=O)(=O)N[C@@H](C)COc2ccccc2)cc1C. The fourth-order valence-corrected chi connectivity index (χ4v) is 3.91. The van der Waals surface area contributed by atoms with E-state index in [-0.39, 0.29) is 17.5 Å². The Morgan fingerprint density at radius 2 is 1.75 bits per heavy atom. The van der Waals surface area contributed by atoms with Crippen LogP contribution in [0.25, 0.3) is 0 Å². The molecular formula is C18H23NO4S. The molecule has 2 aromatic rings. The third kappa shape index (κ3) is 4.49. The molecule has 0 bridgehead atoms. The van der Waals surface area contributed by atoms with Crippen molar-refractivity contribution in [3.8, 4) is 11.5 Å². The molecule has 0 radical (unpaired) electrons. The van der Waals surface area contributed by atoms with Crippen molar-refractivity contribution in [2.24, 2.45) is 0 Å². The second-order valence-electron chi connectivity index (χ2n) is 5.73. The van der Waals surface area contributed by atoms with E-state index in [0.717, 1.165) is 5.56 Å². The van der Waals surface area contributed by atoms with Gasteiger partial charge in [-0.25, -0.2) is 13.1 Å². The van der Waals surface area contributed by atoms with Crippen molar-refractivity contribution in [3.63, 3.8) is 0 Å². The van der Waals surface area contributed by atoms with Crippen molar-refractivity contribution < 1.29 is 17.9 Å². The van der Waals surface area contributed by atoms with E-state index < -0.39 is 10.0 Å². The Labute approximate surface area is 143 Å². The summed E-state index contributed by atoms with van der Waals surface area (Å²) >= 11 is 0. The van der Waals surface area contributed by atoms with E-state index >= 15 is 0 Å². The van der Waals surface area contributed by atoms with Crippen LogP contribution in [0.3, 0.4) is 0 Å². The number of benzene rings is 2. The first kappa shape index (κ1) is 18.3. The summed E-state index contributed by atoms with van der Waals surface area (Å²) in [4.78, 5) is 0.257. The third-order valence-electron chi connectivity index (χ3n) is 3.58. The molecule has 0 saturated carbocycles. The lowest BCUT2D eigenvalue weighted by atomic mass is 10.1. The van der Waals surface area contributed by atoms with Gasteiger partial charge in [-0.2, -0.15) is 0 Å². The molecule has 0 aliphatic carbocycles. The normalized spacial score (nSPS) is 12.7. The first-order chi connectivity index (χ1) is 11.3. The van der Waals surface area contributed by atoms with Gasteiger partial charge in [0, 0.05) is 0 Å². The average molecular weight is 349 g/mol. The molecule has 5 nitrogen and oxygen atoms in total. The summed E-state index contributed by atoms with van der Waals surface area (Å²) in [6.07, 6.45) is 0. The summed E-state index contributed by atoms with van der Waals surface area (Å²) in [7, 11) is -2.06. The van der Waals surface area contributed by atoms with Gasteiger partial charge in [0.2, 0.25) is 10.0 Å². The molecule has 0 fully saturated rings. The Hall–Kier alpha value is -2.05. The zero-order valence-corrected chi connectivity index (χ0v) is 15.2. The number of rotatable bonds is 7. The van der Waals surface area contributed by atoms with Crippen molar-refractivity contribution in [1.82, 2.24) is 4.72 Å². The minimum Gasteiger partial charge on any atom is -0.496 e. The number of aryl methyl sites for hydroxylation is 2. The molecule has 0 amide bonds. The summed E-state index contributed by atoms with van der Waals surface area (Å²) in [5.74, 6) is 1.38. The first-order valence-corrected chi connectivity index (χ1v) is 9.17. The summed E-state index contributed by atoms with van der Waals surface area (Å²) in [5, 5.41) is 0. The van der Waals surface area contributed by atoms with E-state index in [2.05, 4.69) is 4.72 Å². The maximum Gasteiger partial charge on any atom is 0.241 e. The number of methoxy groups -OCH3 is 1. The molecule has 6 heteroatoms. The highest BCUT2D eigenvalue weighted by molar-refractivity contribution is 7.89. The van der Waals surface area contributed by atoms with Crippen molar-refractivity contribution >= 4 is 10.0 Å². The monoisotopic (exact) mass is 349 g/mol. The quantitative estimate of drug-likeness (QED) is 0.834. The molecule has 1 N–H and O–H groups in total. The predicted octanol–water partition coefficient (Wildman–Crippen LogP) is 3.06. The maximum atomic E-state index is 12.6. The van der Waals surface area contributed by atoms with Crippen LogP contribution in [0.4, 0.5) is 0 Å². The van der Waals surface area contributed by atoms with E-state index in [1.807, 2.05) is 37.3 Å². The Kier molecular flexibility index (Phi) is 5.85. The van der Waals surface area contributed by atoms with E-state index in [1.165, 1.54) is 0 Å². The minimum absolute atomic E-state index is 0.247. The smallest absolute Gasteiger partial charge is 0.241 e. The number of ether oxygens (including phenoxy) is 2. The fourth-order valence-electron chi connectivity index (χ4n) is 2.37. The summed E-state index contributed by atoms with van der Waals surface area (Å²) in [5.41, 5.74) is 1.41. The van der Waals surface area contributed by atoms with Crippen LogP contribution in [0.15, 0.2) is 47.4 Å². The molecule has 2 aromatic carbocycles. The number of hydrogen-bond donors (Lipinski definition) is 1. The van der Waals surface area contributed by atoms with Crippen molar-refractivity contribution in [2.75, 3.05) is 13.7 Å². The zero-order chi connectivity index (χ0) is 17.7. The summed E-state index contributed by atoms with van der Waals surface area (Å²) in [6.45, 7) is 5.59. The Morgan fingerprint density at radius 1 is 1.08 bits per heavy atom. The van der Waals surface area contributed by atoms with Gasteiger partial charge >= 0.3 is 0 Å². The Balaban J connectivity index is 2.09. The van der Waals surface area contributed by atoms with Gasteiger partial charge in [-0.05, 0) is 56.2 Å². The number of sulfonamides is 1. The first-order valence-electron chi connectivity index (χ1n) is 7.69. The molecule has 2 rings (SSSR count). The van der Waals surface area contributed by atoms with E-state index in [1.54, 1.807) is 33.1 Å². The molecule has 0 aliphatic heterocycles. The van der Waals surface area contributed by atoms with E-state index in [9.17, 15) is 8.42 Å².